The third kappa shape index (κ3) is 5.84. The quantitative estimate of drug-likeness (QED) is 0.732. The largest absolute Gasteiger partial charge is 0.455 e. The van der Waals surface area contributed by atoms with E-state index in [1.807, 2.05) is 12.1 Å². The van der Waals surface area contributed by atoms with Crippen LogP contribution in [0.15, 0.2) is 40.8 Å². The molecule has 0 saturated carbocycles. The molecule has 0 spiro atoms. The Labute approximate surface area is 143 Å². The van der Waals surface area contributed by atoms with Crippen LogP contribution in [0, 0.1) is 0 Å². The van der Waals surface area contributed by atoms with Gasteiger partial charge in [0.2, 0.25) is 0 Å². The van der Waals surface area contributed by atoms with E-state index in [0.29, 0.717) is 23.1 Å². The Hall–Kier alpha value is -1.59. The van der Waals surface area contributed by atoms with Gasteiger partial charge in [-0.15, -0.1) is 0 Å². The van der Waals surface area contributed by atoms with Crippen molar-refractivity contribution in [1.82, 2.24) is 5.32 Å². The number of hydrogen-bond acceptors (Lipinski definition) is 3. The fourth-order valence-corrected chi connectivity index (χ4v) is 3.28. The predicted molar refractivity (Wildman–Crippen MR) is 93.0 cm³/mol. The average molecular weight is 354 g/mol. The molecule has 4 nitrogen and oxygen atoms in total. The second kappa shape index (κ2) is 8.89. The minimum Gasteiger partial charge on any atom is -0.455 e. The smallest absolute Gasteiger partial charge is 0.286 e. The van der Waals surface area contributed by atoms with Gasteiger partial charge in [0.05, 0.1) is 5.75 Å². The van der Waals surface area contributed by atoms with Gasteiger partial charge in [-0.1, -0.05) is 37.1 Å². The lowest BCUT2D eigenvalue weighted by Gasteiger charge is -2.02. The molecule has 2 rings (SSSR count). The summed E-state index contributed by atoms with van der Waals surface area (Å²) in [5.41, 5.74) is 0.955. The molecule has 1 amide bonds. The van der Waals surface area contributed by atoms with Gasteiger partial charge >= 0.3 is 0 Å². The van der Waals surface area contributed by atoms with Crippen molar-refractivity contribution >= 4 is 28.3 Å². The number of amides is 1. The molecule has 124 valence electrons. The van der Waals surface area contributed by atoms with Crippen LogP contribution in [0.2, 0.25) is 5.02 Å². The maximum atomic E-state index is 12.2. The highest BCUT2D eigenvalue weighted by Gasteiger charge is 2.12. The van der Waals surface area contributed by atoms with Gasteiger partial charge in [0, 0.05) is 28.1 Å². The number of benzene rings is 1. The summed E-state index contributed by atoms with van der Waals surface area (Å²) in [4.78, 5) is 11.8. The van der Waals surface area contributed by atoms with Crippen LogP contribution in [0.4, 0.5) is 0 Å². The second-order valence-electron chi connectivity index (χ2n) is 5.23. The standard InChI is InChI=1S/C17H20ClNO3S/c1-2-3-10-19-17(20)16-9-8-15(22-16)12-23(21)11-13-4-6-14(18)7-5-13/h4-9H,2-3,10-12H2,1H3,(H,19,20). The van der Waals surface area contributed by atoms with Gasteiger partial charge in [0.25, 0.3) is 5.91 Å². The maximum Gasteiger partial charge on any atom is 0.286 e. The summed E-state index contributed by atoms with van der Waals surface area (Å²) in [6.07, 6.45) is 1.96. The van der Waals surface area contributed by atoms with Crippen LogP contribution in [-0.2, 0) is 22.3 Å². The number of hydrogen-bond donors (Lipinski definition) is 1. The van der Waals surface area contributed by atoms with Crippen molar-refractivity contribution in [3.05, 3.63) is 58.5 Å². The lowest BCUT2D eigenvalue weighted by atomic mass is 10.2. The number of rotatable bonds is 8. The van der Waals surface area contributed by atoms with Crippen molar-refractivity contribution in [3.8, 4) is 0 Å². The minimum atomic E-state index is -1.10. The average Bonchev–Trinajstić information content (AvgIpc) is 2.98. The van der Waals surface area contributed by atoms with E-state index in [2.05, 4.69) is 12.2 Å². The van der Waals surface area contributed by atoms with Crippen LogP contribution >= 0.6 is 11.6 Å². The summed E-state index contributed by atoms with van der Waals surface area (Å²) in [5.74, 6) is 1.30. The minimum absolute atomic E-state index is 0.229. The van der Waals surface area contributed by atoms with E-state index in [4.69, 9.17) is 16.0 Å². The zero-order valence-corrected chi connectivity index (χ0v) is 14.6. The molecule has 0 radical (unpaired) electrons. The molecule has 23 heavy (non-hydrogen) atoms. The fraction of sp³-hybridized carbons (Fsp3) is 0.353. The molecule has 0 bridgehead atoms. The third-order valence-corrected chi connectivity index (χ3v) is 4.76. The molecule has 0 saturated heterocycles. The van der Waals surface area contributed by atoms with Crippen molar-refractivity contribution < 1.29 is 13.4 Å². The van der Waals surface area contributed by atoms with Gasteiger partial charge in [0.15, 0.2) is 5.76 Å². The Morgan fingerprint density at radius 3 is 2.61 bits per heavy atom. The highest BCUT2D eigenvalue weighted by molar-refractivity contribution is 7.83. The fourth-order valence-electron chi connectivity index (χ4n) is 2.02. The van der Waals surface area contributed by atoms with Gasteiger partial charge in [-0.2, -0.15) is 0 Å². The molecule has 0 aliphatic carbocycles. The molecule has 1 unspecified atom stereocenters. The summed E-state index contributed by atoms with van der Waals surface area (Å²) in [6, 6.07) is 10.6. The molecule has 1 atom stereocenters. The van der Waals surface area contributed by atoms with E-state index < -0.39 is 10.8 Å². The Bertz CT molecular complexity index is 667. The van der Waals surface area contributed by atoms with Crippen LogP contribution in [-0.4, -0.2) is 16.7 Å². The monoisotopic (exact) mass is 353 g/mol. The van der Waals surface area contributed by atoms with Crippen molar-refractivity contribution in [2.75, 3.05) is 6.54 Å². The Kier molecular flexibility index (Phi) is 6.86. The van der Waals surface area contributed by atoms with Gasteiger partial charge in [-0.25, -0.2) is 0 Å². The number of carbonyl (C=O) groups is 1. The number of nitrogens with one attached hydrogen (secondary N) is 1. The molecule has 0 fully saturated rings. The molecule has 1 N–H and O–H groups in total. The Morgan fingerprint density at radius 1 is 1.17 bits per heavy atom. The molecule has 1 aromatic heterocycles. The number of carbonyl (C=O) groups excluding carboxylic acids is 1. The normalized spacial score (nSPS) is 12.1. The summed E-state index contributed by atoms with van der Waals surface area (Å²) in [5, 5.41) is 3.45. The van der Waals surface area contributed by atoms with E-state index in [9.17, 15) is 9.00 Å². The Morgan fingerprint density at radius 2 is 1.91 bits per heavy atom. The summed E-state index contributed by atoms with van der Waals surface area (Å²) >= 11 is 5.83. The first-order valence-corrected chi connectivity index (χ1v) is 9.41. The summed E-state index contributed by atoms with van der Waals surface area (Å²) < 4.78 is 17.7. The second-order valence-corrected chi connectivity index (χ2v) is 7.12. The molecule has 0 aliphatic rings. The topological polar surface area (TPSA) is 59.3 Å². The van der Waals surface area contributed by atoms with Gasteiger partial charge in [-0.3, -0.25) is 9.00 Å². The number of unbranched alkanes of at least 4 members (excludes halogenated alkanes) is 1. The predicted octanol–water partition coefficient (Wildman–Crippen LogP) is 3.91. The van der Waals surface area contributed by atoms with Gasteiger partial charge in [-0.05, 0) is 36.2 Å². The molecule has 2 aromatic rings. The molecule has 1 heterocycles. The first-order chi connectivity index (χ1) is 11.1. The van der Waals surface area contributed by atoms with Gasteiger partial charge < -0.3 is 9.73 Å². The van der Waals surface area contributed by atoms with E-state index in [0.717, 1.165) is 18.4 Å². The highest BCUT2D eigenvalue weighted by Crippen LogP contribution is 2.15. The third-order valence-electron chi connectivity index (χ3n) is 3.25. The van der Waals surface area contributed by atoms with E-state index in [1.54, 1.807) is 24.3 Å². The van der Waals surface area contributed by atoms with Crippen molar-refractivity contribution in [2.45, 2.75) is 31.3 Å². The first-order valence-electron chi connectivity index (χ1n) is 7.55. The number of halogens is 1. The summed E-state index contributed by atoms with van der Waals surface area (Å²) in [7, 11) is -1.10. The molecule has 0 aliphatic heterocycles. The van der Waals surface area contributed by atoms with E-state index >= 15 is 0 Å². The Balaban J connectivity index is 1.87. The number of furan rings is 1. The zero-order chi connectivity index (χ0) is 16.7. The lowest BCUT2D eigenvalue weighted by molar-refractivity contribution is 0.0924. The van der Waals surface area contributed by atoms with Crippen LogP contribution in [0.1, 0.15) is 41.6 Å². The van der Waals surface area contributed by atoms with Crippen LogP contribution in [0.5, 0.6) is 0 Å². The van der Waals surface area contributed by atoms with E-state index in [-0.39, 0.29) is 17.4 Å². The van der Waals surface area contributed by atoms with Crippen molar-refractivity contribution in [1.29, 1.82) is 0 Å². The summed E-state index contributed by atoms with van der Waals surface area (Å²) in [6.45, 7) is 2.70. The van der Waals surface area contributed by atoms with Gasteiger partial charge in [0.1, 0.15) is 5.76 Å². The molecular formula is C17H20ClNO3S. The SMILES string of the molecule is CCCCNC(=O)c1ccc(CS(=O)Cc2ccc(Cl)cc2)o1. The molecule has 6 heteroatoms. The highest BCUT2D eigenvalue weighted by atomic mass is 35.5. The maximum absolute atomic E-state index is 12.2. The van der Waals surface area contributed by atoms with Crippen molar-refractivity contribution in [2.24, 2.45) is 0 Å². The van der Waals surface area contributed by atoms with Crippen molar-refractivity contribution in [3.63, 3.8) is 0 Å². The molecule has 1 aromatic carbocycles. The van der Waals surface area contributed by atoms with Crippen LogP contribution < -0.4 is 5.32 Å². The molecular weight excluding hydrogens is 334 g/mol. The zero-order valence-electron chi connectivity index (χ0n) is 13.0. The van der Waals surface area contributed by atoms with E-state index in [1.165, 1.54) is 0 Å². The first kappa shape index (κ1) is 17.8. The van der Waals surface area contributed by atoms with Crippen LogP contribution in [0.3, 0.4) is 0 Å². The van der Waals surface area contributed by atoms with Crippen LogP contribution in [0.25, 0.3) is 0 Å². The lowest BCUT2D eigenvalue weighted by Crippen LogP contribution is -2.23.